The highest BCUT2D eigenvalue weighted by atomic mass is 16.2. The fraction of sp³-hybridized carbons (Fsp3) is 0.222. The lowest BCUT2D eigenvalue weighted by Gasteiger charge is -2.12. The van der Waals surface area contributed by atoms with E-state index in [1.165, 1.54) is 9.52 Å². The first-order chi connectivity index (χ1) is 12.5. The van der Waals surface area contributed by atoms with Crippen molar-refractivity contribution in [2.24, 2.45) is 11.0 Å². The molecule has 2 aromatic heterocycles. The van der Waals surface area contributed by atoms with Crippen molar-refractivity contribution in [2.45, 2.75) is 20.8 Å². The van der Waals surface area contributed by atoms with Crippen LogP contribution in [-0.4, -0.2) is 37.0 Å². The van der Waals surface area contributed by atoms with Crippen LogP contribution in [0.2, 0.25) is 0 Å². The number of benzene rings is 1. The van der Waals surface area contributed by atoms with Crippen LogP contribution < -0.4 is 5.01 Å². The van der Waals surface area contributed by atoms with Gasteiger partial charge in [0, 0.05) is 11.4 Å². The smallest absolute Gasteiger partial charge is 0.264 e. The molecule has 0 saturated heterocycles. The molecule has 0 aliphatic carbocycles. The molecule has 3 heterocycles. The average Bonchev–Trinajstić information content (AvgIpc) is 3.16. The van der Waals surface area contributed by atoms with Crippen molar-refractivity contribution in [3.05, 3.63) is 53.6 Å². The average molecular weight is 348 g/mol. The van der Waals surface area contributed by atoms with Gasteiger partial charge >= 0.3 is 0 Å². The standard InChI is InChI=1S/C18H16N6O2/c1-10-9-11(2)23-18(19-10)20-16(22-23)15(25)14-12(3)21-24(17(14)26)13-7-5-4-6-8-13/h4-9,14H,1-3H3/t14-/m1/s1. The first kappa shape index (κ1) is 16.1. The Morgan fingerprint density at radius 2 is 1.81 bits per heavy atom. The Bertz CT molecular complexity index is 1070. The third kappa shape index (κ3) is 2.46. The molecule has 0 bridgehead atoms. The minimum absolute atomic E-state index is 0.0333. The number of amides is 1. The number of carbonyl (C=O) groups excluding carboxylic acids is 2. The van der Waals surface area contributed by atoms with Gasteiger partial charge in [-0.2, -0.15) is 15.1 Å². The number of hydrogen-bond donors (Lipinski definition) is 0. The van der Waals surface area contributed by atoms with Gasteiger partial charge < -0.3 is 0 Å². The lowest BCUT2D eigenvalue weighted by molar-refractivity contribution is -0.118. The Labute approximate surface area is 149 Å². The third-order valence-electron chi connectivity index (χ3n) is 4.23. The molecule has 0 spiro atoms. The van der Waals surface area contributed by atoms with Crippen molar-refractivity contribution in [3.63, 3.8) is 0 Å². The molecule has 1 aliphatic rings. The van der Waals surface area contributed by atoms with Crippen LogP contribution >= 0.6 is 0 Å². The number of fused-ring (bicyclic) bond motifs is 1. The summed E-state index contributed by atoms with van der Waals surface area (Å²) >= 11 is 0. The van der Waals surface area contributed by atoms with Crippen LogP contribution in [0.5, 0.6) is 0 Å². The Kier molecular flexibility index (Phi) is 3.61. The van der Waals surface area contributed by atoms with Gasteiger partial charge in [-0.1, -0.05) is 18.2 Å². The molecule has 0 unspecified atom stereocenters. The van der Waals surface area contributed by atoms with Gasteiger partial charge in [0.15, 0.2) is 0 Å². The van der Waals surface area contributed by atoms with Crippen LogP contribution in [0.3, 0.4) is 0 Å². The van der Waals surface area contributed by atoms with Crippen LogP contribution in [0.15, 0.2) is 41.5 Å². The zero-order valence-corrected chi connectivity index (χ0v) is 14.5. The molecule has 1 aromatic carbocycles. The number of hydrazone groups is 1. The number of anilines is 1. The third-order valence-corrected chi connectivity index (χ3v) is 4.23. The van der Waals surface area contributed by atoms with Crippen LogP contribution in [0.1, 0.15) is 28.9 Å². The van der Waals surface area contributed by atoms with Gasteiger partial charge in [0.2, 0.25) is 11.6 Å². The maximum Gasteiger partial charge on any atom is 0.264 e. The highest BCUT2D eigenvalue weighted by Crippen LogP contribution is 2.25. The minimum atomic E-state index is -1.02. The molecule has 8 nitrogen and oxygen atoms in total. The summed E-state index contributed by atoms with van der Waals surface area (Å²) in [6.45, 7) is 5.36. The van der Waals surface area contributed by atoms with Gasteiger partial charge in [-0.25, -0.2) is 9.50 Å². The van der Waals surface area contributed by atoms with E-state index in [2.05, 4.69) is 20.2 Å². The second-order valence-corrected chi connectivity index (χ2v) is 6.21. The van der Waals surface area contributed by atoms with Gasteiger partial charge in [0.05, 0.1) is 11.4 Å². The molecule has 130 valence electrons. The van der Waals surface area contributed by atoms with Crippen molar-refractivity contribution >= 4 is 28.9 Å². The van der Waals surface area contributed by atoms with Crippen LogP contribution in [-0.2, 0) is 4.79 Å². The zero-order chi connectivity index (χ0) is 18.4. The number of rotatable bonds is 3. The van der Waals surface area contributed by atoms with E-state index in [0.29, 0.717) is 17.2 Å². The zero-order valence-electron chi connectivity index (χ0n) is 14.5. The second kappa shape index (κ2) is 5.83. The normalized spacial score (nSPS) is 17.0. The predicted molar refractivity (Wildman–Crippen MR) is 95.1 cm³/mol. The molecule has 0 saturated carbocycles. The fourth-order valence-electron chi connectivity index (χ4n) is 3.02. The van der Waals surface area contributed by atoms with Crippen LogP contribution in [0.25, 0.3) is 5.78 Å². The minimum Gasteiger partial charge on any atom is -0.289 e. The molecular weight excluding hydrogens is 332 g/mol. The van der Waals surface area contributed by atoms with E-state index in [1.54, 1.807) is 19.1 Å². The second-order valence-electron chi connectivity index (χ2n) is 6.21. The summed E-state index contributed by atoms with van der Waals surface area (Å²) < 4.78 is 1.50. The molecule has 0 N–H and O–H groups in total. The summed E-state index contributed by atoms with van der Waals surface area (Å²) in [4.78, 5) is 34.2. The molecule has 1 aliphatic heterocycles. The van der Waals surface area contributed by atoms with E-state index in [0.717, 1.165) is 11.4 Å². The highest BCUT2D eigenvalue weighted by molar-refractivity contribution is 6.29. The van der Waals surface area contributed by atoms with E-state index in [9.17, 15) is 9.59 Å². The Morgan fingerprint density at radius 1 is 1.08 bits per heavy atom. The summed E-state index contributed by atoms with van der Waals surface area (Å²) in [5, 5.41) is 9.74. The molecule has 8 heteroatoms. The summed E-state index contributed by atoms with van der Waals surface area (Å²) in [7, 11) is 0. The molecule has 26 heavy (non-hydrogen) atoms. The number of hydrogen-bond acceptors (Lipinski definition) is 6. The lowest BCUT2D eigenvalue weighted by Crippen LogP contribution is -2.33. The van der Waals surface area contributed by atoms with Gasteiger partial charge in [0.25, 0.3) is 11.7 Å². The van der Waals surface area contributed by atoms with Crippen molar-refractivity contribution in [1.29, 1.82) is 0 Å². The van der Waals surface area contributed by atoms with Crippen LogP contribution in [0, 0.1) is 19.8 Å². The maximum absolute atomic E-state index is 12.9. The molecule has 1 amide bonds. The summed E-state index contributed by atoms with van der Waals surface area (Å²) in [6.07, 6.45) is 0. The number of nitrogens with zero attached hydrogens (tertiary/aromatic N) is 6. The van der Waals surface area contributed by atoms with Gasteiger partial charge in [0.1, 0.15) is 5.92 Å². The molecule has 4 rings (SSSR count). The highest BCUT2D eigenvalue weighted by Gasteiger charge is 2.41. The molecule has 0 fully saturated rings. The largest absolute Gasteiger partial charge is 0.289 e. The summed E-state index contributed by atoms with van der Waals surface area (Å²) in [5.74, 6) is -1.59. The van der Waals surface area contributed by atoms with E-state index in [1.807, 2.05) is 38.1 Å². The van der Waals surface area contributed by atoms with E-state index in [4.69, 9.17) is 0 Å². The van der Waals surface area contributed by atoms with Gasteiger partial charge in [-0.3, -0.25) is 9.59 Å². The van der Waals surface area contributed by atoms with Gasteiger partial charge in [-0.15, -0.1) is 5.10 Å². The summed E-state index contributed by atoms with van der Waals surface area (Å²) in [6, 6.07) is 10.8. The molecular formula is C18H16N6O2. The van der Waals surface area contributed by atoms with Crippen molar-refractivity contribution in [3.8, 4) is 0 Å². The fourth-order valence-corrected chi connectivity index (χ4v) is 3.02. The molecule has 3 aromatic rings. The Balaban J connectivity index is 1.70. The SMILES string of the molecule is CC1=NN(c2ccccc2)C(=O)[C@H]1C(=O)c1nc2nc(C)cc(C)n2n1. The maximum atomic E-state index is 12.9. The lowest BCUT2D eigenvalue weighted by atomic mass is 9.98. The number of aryl methyl sites for hydroxylation is 2. The van der Waals surface area contributed by atoms with Crippen molar-refractivity contribution in [1.82, 2.24) is 19.6 Å². The number of para-hydroxylation sites is 1. The molecule has 1 atom stereocenters. The van der Waals surface area contributed by atoms with Gasteiger partial charge in [-0.05, 0) is 39.0 Å². The van der Waals surface area contributed by atoms with Crippen molar-refractivity contribution in [2.75, 3.05) is 5.01 Å². The number of aromatic nitrogens is 4. The number of ketones is 1. The summed E-state index contributed by atoms with van der Waals surface area (Å²) in [5.41, 5.74) is 2.63. The Hall–Kier alpha value is -3.42. The van der Waals surface area contributed by atoms with Crippen LogP contribution in [0.4, 0.5) is 5.69 Å². The predicted octanol–water partition coefficient (Wildman–Crippen LogP) is 1.96. The Morgan fingerprint density at radius 3 is 2.54 bits per heavy atom. The first-order valence-electron chi connectivity index (χ1n) is 8.15. The van der Waals surface area contributed by atoms with E-state index in [-0.39, 0.29) is 5.82 Å². The van der Waals surface area contributed by atoms with Crippen molar-refractivity contribution < 1.29 is 9.59 Å². The first-order valence-corrected chi connectivity index (χ1v) is 8.15. The monoisotopic (exact) mass is 348 g/mol. The molecule has 0 radical (unpaired) electrons. The number of carbonyl (C=O) groups is 2. The van der Waals surface area contributed by atoms with E-state index < -0.39 is 17.6 Å². The topological polar surface area (TPSA) is 92.8 Å². The quantitative estimate of drug-likeness (QED) is 0.533. The number of Topliss-reactive ketones (excluding diaryl/α,β-unsaturated/α-hetero) is 1. The van der Waals surface area contributed by atoms with E-state index >= 15 is 0 Å².